The monoisotopic (exact) mass is 613 g/mol. The maximum absolute atomic E-state index is 14.0. The summed E-state index contributed by atoms with van der Waals surface area (Å²) in [5, 5.41) is 2.90. The number of hydrogen-bond acceptors (Lipinski definition) is 4. The smallest absolute Gasteiger partial charge is 0.264 e. The first-order valence-electron chi connectivity index (χ1n) is 13.0. The lowest BCUT2D eigenvalue weighted by Crippen LogP contribution is -2.52. The van der Waals surface area contributed by atoms with Crippen LogP contribution in [0.2, 0.25) is 0 Å². The lowest BCUT2D eigenvalue weighted by molar-refractivity contribution is -0.140. The molecule has 7 nitrogen and oxygen atoms in total. The SMILES string of the molecule is CCCNC(=O)[C@H](CC)N(Cc1cccc(C)c1)C(=O)CN(c1cccc(Br)c1)S(=O)(=O)c1ccc(C)cc1. The van der Waals surface area contributed by atoms with Crippen LogP contribution in [0.3, 0.4) is 0 Å². The second-order valence-corrected chi connectivity index (χ2v) is 12.3. The van der Waals surface area contributed by atoms with Crippen molar-refractivity contribution in [3.05, 3.63) is 94.0 Å². The molecule has 0 saturated heterocycles. The molecule has 3 rings (SSSR count). The predicted molar refractivity (Wildman–Crippen MR) is 159 cm³/mol. The summed E-state index contributed by atoms with van der Waals surface area (Å²) in [6.45, 7) is 7.86. The van der Waals surface area contributed by atoms with Gasteiger partial charge in [-0.05, 0) is 62.6 Å². The number of amides is 2. The van der Waals surface area contributed by atoms with Crippen molar-refractivity contribution in [2.24, 2.45) is 0 Å². The molecule has 0 aliphatic carbocycles. The Balaban J connectivity index is 2.05. The van der Waals surface area contributed by atoms with E-state index in [4.69, 9.17) is 0 Å². The Morgan fingerprint density at radius 2 is 1.62 bits per heavy atom. The molecule has 1 N–H and O–H groups in total. The number of nitrogens with one attached hydrogen (secondary N) is 1. The largest absolute Gasteiger partial charge is 0.354 e. The lowest BCUT2D eigenvalue weighted by Gasteiger charge is -2.33. The number of sulfonamides is 1. The molecular weight excluding hydrogens is 578 g/mol. The van der Waals surface area contributed by atoms with Crippen LogP contribution in [-0.4, -0.2) is 44.3 Å². The third kappa shape index (κ3) is 7.92. The normalized spacial score (nSPS) is 12.0. The van der Waals surface area contributed by atoms with Gasteiger partial charge in [0.2, 0.25) is 11.8 Å². The highest BCUT2D eigenvalue weighted by Crippen LogP contribution is 2.27. The number of hydrogen-bond donors (Lipinski definition) is 1. The number of anilines is 1. The van der Waals surface area contributed by atoms with Gasteiger partial charge in [-0.2, -0.15) is 0 Å². The zero-order chi connectivity index (χ0) is 28.6. The number of carbonyl (C=O) groups is 2. The van der Waals surface area contributed by atoms with Gasteiger partial charge < -0.3 is 10.2 Å². The molecule has 208 valence electrons. The van der Waals surface area contributed by atoms with Gasteiger partial charge in [-0.1, -0.05) is 83.4 Å². The van der Waals surface area contributed by atoms with Gasteiger partial charge >= 0.3 is 0 Å². The second-order valence-electron chi connectivity index (χ2n) is 9.53. The average Bonchev–Trinajstić information content (AvgIpc) is 2.90. The van der Waals surface area contributed by atoms with Gasteiger partial charge in [0.1, 0.15) is 12.6 Å². The maximum Gasteiger partial charge on any atom is 0.264 e. The first-order valence-corrected chi connectivity index (χ1v) is 15.3. The van der Waals surface area contributed by atoms with Gasteiger partial charge in [0.15, 0.2) is 0 Å². The van der Waals surface area contributed by atoms with E-state index in [-0.39, 0.29) is 17.3 Å². The summed E-state index contributed by atoms with van der Waals surface area (Å²) in [5.74, 6) is -0.721. The Kier molecular flexibility index (Phi) is 10.7. The van der Waals surface area contributed by atoms with Crippen molar-refractivity contribution in [3.63, 3.8) is 0 Å². The van der Waals surface area contributed by atoms with E-state index in [1.807, 2.05) is 52.0 Å². The van der Waals surface area contributed by atoms with E-state index in [0.29, 0.717) is 23.1 Å². The standard InChI is InChI=1S/C30H36BrN3O4S/c1-5-17-32-30(36)28(6-2)33(20-24-10-7-9-23(4)18-24)29(35)21-34(26-12-8-11-25(31)19-26)39(37,38)27-15-13-22(3)14-16-27/h7-16,18-19,28H,5-6,17,20-21H2,1-4H3,(H,32,36)/t28-/m0/s1. The molecule has 9 heteroatoms. The van der Waals surface area contributed by atoms with E-state index < -0.39 is 28.5 Å². The highest BCUT2D eigenvalue weighted by Gasteiger charge is 2.33. The lowest BCUT2D eigenvalue weighted by atomic mass is 10.1. The molecule has 1 atom stereocenters. The zero-order valence-corrected chi connectivity index (χ0v) is 25.3. The van der Waals surface area contributed by atoms with Crippen molar-refractivity contribution in [1.82, 2.24) is 10.2 Å². The summed E-state index contributed by atoms with van der Waals surface area (Å²) < 4.78 is 29.6. The van der Waals surface area contributed by atoms with Crippen LogP contribution in [0.15, 0.2) is 82.2 Å². The highest BCUT2D eigenvalue weighted by atomic mass is 79.9. The molecule has 0 radical (unpaired) electrons. The maximum atomic E-state index is 14.0. The van der Waals surface area contributed by atoms with Crippen LogP contribution < -0.4 is 9.62 Å². The van der Waals surface area contributed by atoms with Gasteiger partial charge in [0.05, 0.1) is 10.6 Å². The van der Waals surface area contributed by atoms with Crippen LogP contribution in [0.5, 0.6) is 0 Å². The zero-order valence-electron chi connectivity index (χ0n) is 22.9. The molecule has 3 aromatic carbocycles. The van der Waals surface area contributed by atoms with E-state index in [1.54, 1.807) is 36.4 Å². The van der Waals surface area contributed by atoms with Crippen molar-refractivity contribution in [3.8, 4) is 0 Å². The number of carbonyl (C=O) groups excluding carboxylic acids is 2. The minimum atomic E-state index is -4.10. The van der Waals surface area contributed by atoms with Crippen LogP contribution in [0.25, 0.3) is 0 Å². The summed E-state index contributed by atoms with van der Waals surface area (Å²) in [5.41, 5.74) is 3.16. The van der Waals surface area contributed by atoms with Crippen LogP contribution in [0.4, 0.5) is 5.69 Å². The third-order valence-corrected chi connectivity index (χ3v) is 8.64. The molecule has 0 heterocycles. The minimum Gasteiger partial charge on any atom is -0.354 e. The van der Waals surface area contributed by atoms with E-state index in [0.717, 1.165) is 27.4 Å². The van der Waals surface area contributed by atoms with Gasteiger partial charge in [-0.15, -0.1) is 0 Å². The van der Waals surface area contributed by atoms with E-state index in [2.05, 4.69) is 21.2 Å². The molecule has 0 aliphatic rings. The van der Waals surface area contributed by atoms with E-state index in [9.17, 15) is 18.0 Å². The summed E-state index contributed by atoms with van der Waals surface area (Å²) >= 11 is 3.42. The van der Waals surface area contributed by atoms with Gasteiger partial charge in [0.25, 0.3) is 10.0 Å². The Morgan fingerprint density at radius 1 is 0.923 bits per heavy atom. The minimum absolute atomic E-state index is 0.0823. The molecule has 0 bridgehead atoms. The number of benzene rings is 3. The van der Waals surface area contributed by atoms with Crippen LogP contribution in [-0.2, 0) is 26.2 Å². The number of nitrogens with zero attached hydrogens (tertiary/aromatic N) is 2. The average molecular weight is 615 g/mol. The third-order valence-electron chi connectivity index (χ3n) is 6.35. The molecule has 0 unspecified atom stereocenters. The van der Waals surface area contributed by atoms with Crippen molar-refractivity contribution in [2.75, 3.05) is 17.4 Å². The molecule has 0 saturated carbocycles. The molecule has 0 spiro atoms. The van der Waals surface area contributed by atoms with Crippen molar-refractivity contribution in [1.29, 1.82) is 0 Å². The Labute approximate surface area is 240 Å². The fraction of sp³-hybridized carbons (Fsp3) is 0.333. The van der Waals surface area contributed by atoms with Crippen molar-refractivity contribution >= 4 is 43.5 Å². The number of aryl methyl sites for hydroxylation is 2. The topological polar surface area (TPSA) is 86.8 Å². The molecule has 0 aromatic heterocycles. The van der Waals surface area contributed by atoms with Gasteiger partial charge in [-0.25, -0.2) is 8.42 Å². The second kappa shape index (κ2) is 13.8. The summed E-state index contributed by atoms with van der Waals surface area (Å²) in [6, 6.07) is 20.3. The predicted octanol–water partition coefficient (Wildman–Crippen LogP) is 5.59. The summed E-state index contributed by atoms with van der Waals surface area (Å²) in [4.78, 5) is 28.8. The highest BCUT2D eigenvalue weighted by molar-refractivity contribution is 9.10. The van der Waals surface area contributed by atoms with Gasteiger partial charge in [0, 0.05) is 17.6 Å². The number of rotatable bonds is 12. The number of halogens is 1. The molecule has 3 aromatic rings. The molecule has 2 amide bonds. The van der Waals surface area contributed by atoms with Crippen LogP contribution >= 0.6 is 15.9 Å². The Hall–Kier alpha value is -3.17. The molecular formula is C30H36BrN3O4S. The van der Waals surface area contributed by atoms with Crippen molar-refractivity contribution < 1.29 is 18.0 Å². The molecule has 0 fully saturated rings. The fourth-order valence-electron chi connectivity index (χ4n) is 4.29. The molecule has 39 heavy (non-hydrogen) atoms. The first kappa shape index (κ1) is 30.4. The van der Waals surface area contributed by atoms with Crippen LogP contribution in [0.1, 0.15) is 43.4 Å². The summed E-state index contributed by atoms with van der Waals surface area (Å²) in [6.07, 6.45) is 1.15. The van der Waals surface area contributed by atoms with Gasteiger partial charge in [-0.3, -0.25) is 13.9 Å². The first-order chi connectivity index (χ1) is 18.6. The Bertz CT molecular complexity index is 1390. The quantitative estimate of drug-likeness (QED) is 0.288. The Morgan fingerprint density at radius 3 is 2.23 bits per heavy atom. The van der Waals surface area contributed by atoms with Crippen molar-refractivity contribution in [2.45, 2.75) is 58.0 Å². The molecule has 0 aliphatic heterocycles. The fourth-order valence-corrected chi connectivity index (χ4v) is 6.08. The van der Waals surface area contributed by atoms with Crippen LogP contribution in [0, 0.1) is 13.8 Å². The van der Waals surface area contributed by atoms with E-state index in [1.165, 1.54) is 17.0 Å². The summed E-state index contributed by atoms with van der Waals surface area (Å²) in [7, 11) is -4.10. The van der Waals surface area contributed by atoms with E-state index >= 15 is 0 Å².